The molecule has 1 saturated heterocycles. The fourth-order valence-corrected chi connectivity index (χ4v) is 3.70. The SMILES string of the molecule is CCOc1ccc(/C=C/C(=O)N2CC[NH+](Cc3ccc(OC)cc3)CC2)cc1OCC. The highest BCUT2D eigenvalue weighted by Crippen LogP contribution is 2.29. The largest absolute Gasteiger partial charge is 0.497 e. The second-order valence-corrected chi connectivity index (χ2v) is 7.51. The Labute approximate surface area is 185 Å². The molecule has 0 aromatic heterocycles. The number of amides is 1. The quantitative estimate of drug-likeness (QED) is 0.627. The number of rotatable bonds is 9. The molecule has 0 saturated carbocycles. The van der Waals surface area contributed by atoms with Crippen LogP contribution in [0.15, 0.2) is 48.5 Å². The van der Waals surface area contributed by atoms with Gasteiger partial charge in [-0.15, -0.1) is 0 Å². The summed E-state index contributed by atoms with van der Waals surface area (Å²) in [5.74, 6) is 2.36. The van der Waals surface area contributed by atoms with Crippen LogP contribution in [-0.2, 0) is 11.3 Å². The van der Waals surface area contributed by atoms with Crippen molar-refractivity contribution in [1.82, 2.24) is 4.90 Å². The standard InChI is InChI=1S/C25H32N2O4/c1-4-30-23-12-8-20(18-24(23)31-5-2)9-13-25(28)27-16-14-26(15-17-27)19-21-6-10-22(29-3)11-7-21/h6-13,18H,4-5,14-17,19H2,1-3H3/p+1/b13-9+. The lowest BCUT2D eigenvalue weighted by molar-refractivity contribution is -0.917. The van der Waals surface area contributed by atoms with Crippen molar-refractivity contribution in [3.63, 3.8) is 0 Å². The van der Waals surface area contributed by atoms with Crippen molar-refractivity contribution in [3.05, 3.63) is 59.7 Å². The topological polar surface area (TPSA) is 52.4 Å². The lowest BCUT2D eigenvalue weighted by atomic mass is 10.1. The molecule has 1 heterocycles. The van der Waals surface area contributed by atoms with Crippen molar-refractivity contribution in [1.29, 1.82) is 0 Å². The Hall–Kier alpha value is -2.99. The molecule has 0 aliphatic carbocycles. The fourth-order valence-electron chi connectivity index (χ4n) is 3.70. The van der Waals surface area contributed by atoms with Gasteiger partial charge in [-0.3, -0.25) is 4.79 Å². The van der Waals surface area contributed by atoms with Gasteiger partial charge in [0.15, 0.2) is 11.5 Å². The van der Waals surface area contributed by atoms with Gasteiger partial charge in [0.25, 0.3) is 0 Å². The van der Waals surface area contributed by atoms with E-state index in [1.165, 1.54) is 10.5 Å². The molecule has 0 atom stereocenters. The van der Waals surface area contributed by atoms with E-state index in [9.17, 15) is 4.79 Å². The molecule has 1 fully saturated rings. The maximum Gasteiger partial charge on any atom is 0.246 e. The van der Waals surface area contributed by atoms with E-state index >= 15 is 0 Å². The molecular formula is C25H33N2O4+. The minimum absolute atomic E-state index is 0.0512. The smallest absolute Gasteiger partial charge is 0.246 e. The number of hydrogen-bond donors (Lipinski definition) is 1. The van der Waals surface area contributed by atoms with Gasteiger partial charge in [0, 0.05) is 11.6 Å². The molecule has 6 nitrogen and oxygen atoms in total. The monoisotopic (exact) mass is 425 g/mol. The molecule has 0 radical (unpaired) electrons. The minimum Gasteiger partial charge on any atom is -0.497 e. The van der Waals surface area contributed by atoms with Gasteiger partial charge in [-0.25, -0.2) is 0 Å². The third-order valence-electron chi connectivity index (χ3n) is 5.38. The molecule has 0 spiro atoms. The Kier molecular flexibility index (Phi) is 8.35. The second-order valence-electron chi connectivity index (χ2n) is 7.51. The Morgan fingerprint density at radius 2 is 1.68 bits per heavy atom. The van der Waals surface area contributed by atoms with Crippen molar-refractivity contribution >= 4 is 12.0 Å². The Balaban J connectivity index is 1.52. The highest BCUT2D eigenvalue weighted by atomic mass is 16.5. The van der Waals surface area contributed by atoms with E-state index in [2.05, 4.69) is 12.1 Å². The van der Waals surface area contributed by atoms with Crippen LogP contribution in [0.25, 0.3) is 6.08 Å². The average molecular weight is 426 g/mol. The molecule has 1 amide bonds. The first-order chi connectivity index (χ1) is 15.1. The Morgan fingerprint density at radius 1 is 1.00 bits per heavy atom. The number of methoxy groups -OCH3 is 1. The van der Waals surface area contributed by atoms with Gasteiger partial charge >= 0.3 is 0 Å². The van der Waals surface area contributed by atoms with Gasteiger partial charge in [-0.2, -0.15) is 0 Å². The van der Waals surface area contributed by atoms with Crippen LogP contribution in [-0.4, -0.2) is 57.3 Å². The summed E-state index contributed by atoms with van der Waals surface area (Å²) in [7, 11) is 1.68. The number of nitrogens with one attached hydrogen (secondary N) is 1. The van der Waals surface area contributed by atoms with Crippen molar-refractivity contribution in [2.24, 2.45) is 0 Å². The average Bonchev–Trinajstić information content (AvgIpc) is 2.80. The fraction of sp³-hybridized carbons (Fsp3) is 0.400. The van der Waals surface area contributed by atoms with Gasteiger partial charge in [-0.1, -0.05) is 6.07 Å². The molecule has 0 unspecified atom stereocenters. The molecule has 2 aromatic carbocycles. The van der Waals surface area contributed by atoms with Crippen LogP contribution in [0.1, 0.15) is 25.0 Å². The van der Waals surface area contributed by atoms with E-state index in [4.69, 9.17) is 14.2 Å². The predicted octanol–water partition coefficient (Wildman–Crippen LogP) is 2.43. The van der Waals surface area contributed by atoms with Crippen LogP contribution in [0.4, 0.5) is 0 Å². The zero-order chi connectivity index (χ0) is 22.1. The lowest BCUT2D eigenvalue weighted by Gasteiger charge is -2.31. The predicted molar refractivity (Wildman–Crippen MR) is 122 cm³/mol. The van der Waals surface area contributed by atoms with Crippen LogP contribution >= 0.6 is 0 Å². The van der Waals surface area contributed by atoms with Crippen LogP contribution in [0, 0.1) is 0 Å². The summed E-state index contributed by atoms with van der Waals surface area (Å²) in [4.78, 5) is 16.1. The highest BCUT2D eigenvalue weighted by Gasteiger charge is 2.22. The summed E-state index contributed by atoms with van der Waals surface area (Å²) < 4.78 is 16.5. The summed E-state index contributed by atoms with van der Waals surface area (Å²) in [5, 5.41) is 0. The molecule has 166 valence electrons. The third kappa shape index (κ3) is 6.49. The van der Waals surface area contributed by atoms with Crippen molar-refractivity contribution in [3.8, 4) is 17.2 Å². The van der Waals surface area contributed by atoms with Crippen LogP contribution < -0.4 is 19.1 Å². The van der Waals surface area contributed by atoms with Crippen LogP contribution in [0.3, 0.4) is 0 Å². The van der Waals surface area contributed by atoms with Gasteiger partial charge in [0.05, 0.1) is 46.5 Å². The van der Waals surface area contributed by atoms with Crippen LogP contribution in [0.2, 0.25) is 0 Å². The molecule has 6 heteroatoms. The molecule has 1 aliphatic heterocycles. The number of ether oxygens (including phenoxy) is 3. The Bertz CT molecular complexity index is 872. The van der Waals surface area contributed by atoms with E-state index in [0.29, 0.717) is 19.0 Å². The number of nitrogens with zero attached hydrogens (tertiary/aromatic N) is 1. The first-order valence-electron chi connectivity index (χ1n) is 11.0. The Morgan fingerprint density at radius 3 is 2.32 bits per heavy atom. The molecule has 31 heavy (non-hydrogen) atoms. The summed E-state index contributed by atoms with van der Waals surface area (Å²) >= 11 is 0. The van der Waals surface area contributed by atoms with E-state index < -0.39 is 0 Å². The zero-order valence-corrected chi connectivity index (χ0v) is 18.7. The summed E-state index contributed by atoms with van der Waals surface area (Å²) in [6.07, 6.45) is 3.50. The molecule has 1 aliphatic rings. The van der Waals surface area contributed by atoms with Crippen LogP contribution in [0.5, 0.6) is 17.2 Å². The maximum absolute atomic E-state index is 12.6. The molecular weight excluding hydrogens is 392 g/mol. The van der Waals surface area contributed by atoms with E-state index in [1.807, 2.05) is 55.2 Å². The summed E-state index contributed by atoms with van der Waals surface area (Å²) in [6, 6.07) is 14.0. The van der Waals surface area contributed by atoms with Crippen molar-refractivity contribution < 1.29 is 23.9 Å². The number of carbonyl (C=O) groups excluding carboxylic acids is 1. The van der Waals surface area contributed by atoms with Crippen molar-refractivity contribution in [2.45, 2.75) is 20.4 Å². The second kappa shape index (κ2) is 11.4. The van der Waals surface area contributed by atoms with E-state index in [0.717, 1.165) is 49.8 Å². The maximum atomic E-state index is 12.6. The first kappa shape index (κ1) is 22.7. The normalized spacial score (nSPS) is 14.6. The lowest BCUT2D eigenvalue weighted by Crippen LogP contribution is -3.13. The summed E-state index contributed by atoms with van der Waals surface area (Å²) in [5.41, 5.74) is 2.21. The number of quaternary nitrogens is 1. The van der Waals surface area contributed by atoms with Gasteiger partial charge in [-0.05, 0) is 61.9 Å². The number of hydrogen-bond acceptors (Lipinski definition) is 4. The number of benzene rings is 2. The van der Waals surface area contributed by atoms with Crippen molar-refractivity contribution in [2.75, 3.05) is 46.5 Å². The van der Waals surface area contributed by atoms with E-state index in [1.54, 1.807) is 13.2 Å². The molecule has 3 rings (SSSR count). The number of carbonyl (C=O) groups is 1. The van der Waals surface area contributed by atoms with Gasteiger partial charge < -0.3 is 24.0 Å². The first-order valence-corrected chi connectivity index (χ1v) is 11.0. The van der Waals surface area contributed by atoms with Gasteiger partial charge in [0.1, 0.15) is 12.3 Å². The minimum atomic E-state index is 0.0512. The summed E-state index contributed by atoms with van der Waals surface area (Å²) in [6.45, 7) is 9.43. The highest BCUT2D eigenvalue weighted by molar-refractivity contribution is 5.91. The third-order valence-corrected chi connectivity index (χ3v) is 5.38. The molecule has 1 N–H and O–H groups in total. The van der Waals surface area contributed by atoms with Gasteiger partial charge in [0.2, 0.25) is 5.91 Å². The number of piperazine rings is 1. The molecule has 0 bridgehead atoms. The molecule has 2 aromatic rings. The zero-order valence-electron chi connectivity index (χ0n) is 18.7. The van der Waals surface area contributed by atoms with E-state index in [-0.39, 0.29) is 5.91 Å².